The van der Waals surface area contributed by atoms with Crippen LogP contribution in [0.1, 0.15) is 11.1 Å². The molecule has 0 aliphatic heterocycles. The van der Waals surface area contributed by atoms with Crippen LogP contribution >= 0.6 is 24.0 Å². The van der Waals surface area contributed by atoms with Gasteiger partial charge < -0.3 is 20.1 Å². The number of methoxy groups -OCH3 is 1. The molecule has 9 heteroatoms. The van der Waals surface area contributed by atoms with E-state index in [0.29, 0.717) is 12.5 Å². The number of nitrogens with one attached hydrogen (secondary N) is 2. The Bertz CT molecular complexity index is 771. The number of alkyl halides is 3. The molecule has 0 aromatic heterocycles. The molecule has 2 aromatic carbocycles. The second kappa shape index (κ2) is 12.4. The fourth-order valence-electron chi connectivity index (χ4n) is 2.48. The smallest absolute Gasteiger partial charge is 0.422 e. The highest BCUT2D eigenvalue weighted by molar-refractivity contribution is 14.0. The van der Waals surface area contributed by atoms with Gasteiger partial charge in [-0.2, -0.15) is 13.2 Å². The number of ether oxygens (including phenoxy) is 2. The van der Waals surface area contributed by atoms with Gasteiger partial charge in [-0.05, 0) is 29.7 Å². The van der Waals surface area contributed by atoms with Crippen LogP contribution < -0.4 is 20.1 Å². The van der Waals surface area contributed by atoms with E-state index in [9.17, 15) is 13.2 Å². The van der Waals surface area contributed by atoms with Crippen molar-refractivity contribution in [3.8, 4) is 11.5 Å². The SMILES string of the molecule is CN=C(NCCc1ccccc1)NCc1ccc(OCC(F)(F)F)c(OC)c1.I. The molecule has 0 radical (unpaired) electrons. The maximum absolute atomic E-state index is 12.3. The van der Waals surface area contributed by atoms with E-state index in [1.807, 2.05) is 18.2 Å². The second-order valence-electron chi connectivity index (χ2n) is 5.98. The van der Waals surface area contributed by atoms with E-state index in [-0.39, 0.29) is 35.5 Å². The van der Waals surface area contributed by atoms with E-state index in [2.05, 4.69) is 27.8 Å². The van der Waals surface area contributed by atoms with E-state index < -0.39 is 12.8 Å². The summed E-state index contributed by atoms with van der Waals surface area (Å²) in [7, 11) is 3.06. The quantitative estimate of drug-likeness (QED) is 0.310. The third-order valence-corrected chi connectivity index (χ3v) is 3.85. The molecule has 5 nitrogen and oxygen atoms in total. The average molecular weight is 523 g/mol. The molecular weight excluding hydrogens is 498 g/mol. The first-order valence-corrected chi connectivity index (χ1v) is 8.76. The van der Waals surface area contributed by atoms with Gasteiger partial charge in [0.15, 0.2) is 24.1 Å². The van der Waals surface area contributed by atoms with Crippen LogP contribution in [0.2, 0.25) is 0 Å². The third-order valence-electron chi connectivity index (χ3n) is 3.85. The van der Waals surface area contributed by atoms with Crippen molar-refractivity contribution >= 4 is 29.9 Å². The molecule has 0 atom stereocenters. The Labute approximate surface area is 185 Å². The summed E-state index contributed by atoms with van der Waals surface area (Å²) >= 11 is 0. The lowest BCUT2D eigenvalue weighted by molar-refractivity contribution is -0.153. The van der Waals surface area contributed by atoms with Crippen LogP contribution in [0.4, 0.5) is 13.2 Å². The zero-order chi connectivity index (χ0) is 20.4. The van der Waals surface area contributed by atoms with Gasteiger partial charge >= 0.3 is 6.18 Å². The highest BCUT2D eigenvalue weighted by atomic mass is 127. The molecule has 0 saturated carbocycles. The average Bonchev–Trinajstić information content (AvgIpc) is 2.69. The van der Waals surface area contributed by atoms with Gasteiger partial charge in [0.2, 0.25) is 0 Å². The first-order valence-electron chi connectivity index (χ1n) is 8.76. The topological polar surface area (TPSA) is 54.9 Å². The van der Waals surface area contributed by atoms with Crippen molar-refractivity contribution in [1.82, 2.24) is 10.6 Å². The van der Waals surface area contributed by atoms with E-state index >= 15 is 0 Å². The van der Waals surface area contributed by atoms with Crippen LogP contribution in [0, 0.1) is 0 Å². The van der Waals surface area contributed by atoms with Crippen molar-refractivity contribution in [2.24, 2.45) is 4.99 Å². The normalized spacial score (nSPS) is 11.4. The summed E-state index contributed by atoms with van der Waals surface area (Å²) in [4.78, 5) is 4.16. The van der Waals surface area contributed by atoms with E-state index in [4.69, 9.17) is 9.47 Å². The Morgan fingerprint density at radius 2 is 1.72 bits per heavy atom. The van der Waals surface area contributed by atoms with Gasteiger partial charge in [-0.15, -0.1) is 24.0 Å². The predicted molar refractivity (Wildman–Crippen MR) is 118 cm³/mol. The van der Waals surface area contributed by atoms with Crippen molar-refractivity contribution in [3.63, 3.8) is 0 Å². The molecule has 29 heavy (non-hydrogen) atoms. The summed E-state index contributed by atoms with van der Waals surface area (Å²) in [6.45, 7) is -0.211. The minimum Gasteiger partial charge on any atom is -0.493 e. The highest BCUT2D eigenvalue weighted by Crippen LogP contribution is 2.29. The molecule has 0 unspecified atom stereocenters. The van der Waals surface area contributed by atoms with Gasteiger partial charge in [-0.3, -0.25) is 4.99 Å². The Kier molecular flexibility index (Phi) is 10.6. The Morgan fingerprint density at radius 1 is 1.00 bits per heavy atom. The van der Waals surface area contributed by atoms with Gasteiger partial charge in [0.1, 0.15) is 0 Å². The van der Waals surface area contributed by atoms with Crippen LogP contribution in [0.3, 0.4) is 0 Å². The standard InChI is InChI=1S/C20H24F3N3O2.HI/c1-24-19(25-11-10-15-6-4-3-5-7-15)26-13-16-8-9-17(18(12-16)27-2)28-14-20(21,22)23;/h3-9,12H,10-11,13-14H2,1-2H3,(H2,24,25,26);1H. The monoisotopic (exact) mass is 523 g/mol. The van der Waals surface area contributed by atoms with Crippen molar-refractivity contribution in [3.05, 3.63) is 59.7 Å². The Morgan fingerprint density at radius 3 is 2.34 bits per heavy atom. The van der Waals surface area contributed by atoms with Crippen LogP contribution in [-0.2, 0) is 13.0 Å². The number of aliphatic imine (C=N–C) groups is 1. The third kappa shape index (κ3) is 9.25. The number of hydrogen-bond donors (Lipinski definition) is 2. The van der Waals surface area contributed by atoms with E-state index in [1.54, 1.807) is 19.2 Å². The van der Waals surface area contributed by atoms with E-state index in [1.165, 1.54) is 18.7 Å². The first-order chi connectivity index (χ1) is 13.4. The maximum Gasteiger partial charge on any atom is 0.422 e. The molecule has 0 amide bonds. The molecule has 0 heterocycles. The highest BCUT2D eigenvalue weighted by Gasteiger charge is 2.29. The summed E-state index contributed by atoms with van der Waals surface area (Å²) in [6.07, 6.45) is -3.54. The van der Waals surface area contributed by atoms with Gasteiger partial charge in [0, 0.05) is 20.1 Å². The molecule has 0 bridgehead atoms. The minimum absolute atomic E-state index is 0. The van der Waals surface area contributed by atoms with Gasteiger partial charge in [0.05, 0.1) is 7.11 Å². The number of benzene rings is 2. The molecule has 0 aliphatic carbocycles. The van der Waals surface area contributed by atoms with Crippen LogP contribution in [0.5, 0.6) is 11.5 Å². The van der Waals surface area contributed by atoms with Crippen molar-refractivity contribution in [1.29, 1.82) is 0 Å². The summed E-state index contributed by atoms with van der Waals surface area (Å²) in [5, 5.41) is 6.38. The summed E-state index contributed by atoms with van der Waals surface area (Å²) in [6, 6.07) is 14.9. The van der Waals surface area contributed by atoms with Crippen molar-refractivity contribution < 1.29 is 22.6 Å². The molecule has 160 valence electrons. The van der Waals surface area contributed by atoms with Gasteiger partial charge in [0.25, 0.3) is 0 Å². The number of rotatable bonds is 8. The number of nitrogens with zero attached hydrogens (tertiary/aromatic N) is 1. The van der Waals surface area contributed by atoms with Gasteiger partial charge in [-0.1, -0.05) is 36.4 Å². The predicted octanol–water partition coefficient (Wildman–Crippen LogP) is 4.16. The number of hydrogen-bond acceptors (Lipinski definition) is 3. The van der Waals surface area contributed by atoms with Crippen molar-refractivity contribution in [2.75, 3.05) is 27.3 Å². The summed E-state index contributed by atoms with van der Waals surface area (Å²) in [5.41, 5.74) is 2.05. The number of guanidine groups is 1. The fraction of sp³-hybridized carbons (Fsp3) is 0.350. The molecule has 0 spiro atoms. The van der Waals surface area contributed by atoms with Gasteiger partial charge in [-0.25, -0.2) is 0 Å². The second-order valence-corrected chi connectivity index (χ2v) is 5.98. The molecule has 0 saturated heterocycles. The zero-order valence-electron chi connectivity index (χ0n) is 16.3. The maximum atomic E-state index is 12.3. The Balaban J connectivity index is 0.00000420. The lowest BCUT2D eigenvalue weighted by Crippen LogP contribution is -2.37. The molecule has 2 aromatic rings. The van der Waals surface area contributed by atoms with Crippen LogP contribution in [-0.4, -0.2) is 39.4 Å². The summed E-state index contributed by atoms with van der Waals surface area (Å²) < 4.78 is 46.9. The van der Waals surface area contributed by atoms with Crippen molar-refractivity contribution in [2.45, 2.75) is 19.1 Å². The molecule has 0 aliphatic rings. The van der Waals surface area contributed by atoms with Crippen LogP contribution in [0.15, 0.2) is 53.5 Å². The molecule has 2 rings (SSSR count). The summed E-state index contributed by atoms with van der Waals surface area (Å²) in [5.74, 6) is 0.928. The van der Waals surface area contributed by atoms with E-state index in [0.717, 1.165) is 18.5 Å². The lowest BCUT2D eigenvalue weighted by Gasteiger charge is -2.15. The number of halogens is 4. The molecule has 0 fully saturated rings. The van der Waals surface area contributed by atoms with Crippen LogP contribution in [0.25, 0.3) is 0 Å². The first kappa shape index (κ1) is 24.9. The molecular formula is C20H25F3IN3O2. The Hall–Kier alpha value is -2.17. The molecule has 2 N–H and O–H groups in total. The fourth-order valence-corrected chi connectivity index (χ4v) is 2.48. The largest absolute Gasteiger partial charge is 0.493 e. The lowest BCUT2D eigenvalue weighted by atomic mass is 10.1. The minimum atomic E-state index is -4.40. The zero-order valence-corrected chi connectivity index (χ0v) is 18.6.